The molecule has 0 aliphatic rings. The topological polar surface area (TPSA) is 12.0 Å². The number of hydrogen-bond donors (Lipinski definition) is 1. The Balaban J connectivity index is 1.99. The normalized spacial score (nSPS) is 12.4. The summed E-state index contributed by atoms with van der Waals surface area (Å²) in [6.45, 7) is 2.68. The highest BCUT2D eigenvalue weighted by molar-refractivity contribution is 9.10. The van der Waals surface area contributed by atoms with E-state index in [-0.39, 0.29) is 11.9 Å². The van der Waals surface area contributed by atoms with Crippen LogP contribution in [-0.4, -0.2) is 0 Å². The number of halogens is 3. The van der Waals surface area contributed by atoms with Crippen LogP contribution in [0.2, 0.25) is 5.02 Å². The summed E-state index contributed by atoms with van der Waals surface area (Å²) in [5.41, 5.74) is 2.06. The van der Waals surface area contributed by atoms with E-state index in [1.807, 2.05) is 30.3 Å². The Labute approximate surface area is 125 Å². The van der Waals surface area contributed by atoms with Crippen LogP contribution in [-0.2, 0) is 6.54 Å². The molecule has 0 heterocycles. The maximum absolute atomic E-state index is 13.2. The highest BCUT2D eigenvalue weighted by Gasteiger charge is 2.05. The molecule has 0 radical (unpaired) electrons. The number of rotatable bonds is 4. The van der Waals surface area contributed by atoms with Crippen LogP contribution in [0.25, 0.3) is 0 Å². The molecule has 2 rings (SSSR count). The van der Waals surface area contributed by atoms with Gasteiger partial charge in [-0.2, -0.15) is 0 Å². The third-order valence-electron chi connectivity index (χ3n) is 2.90. The molecule has 0 saturated heterocycles. The Bertz CT molecular complexity index is 536. The first-order chi connectivity index (χ1) is 9.04. The van der Waals surface area contributed by atoms with Gasteiger partial charge in [-0.1, -0.05) is 39.7 Å². The Morgan fingerprint density at radius 2 is 1.89 bits per heavy atom. The first-order valence-electron chi connectivity index (χ1n) is 5.98. The fourth-order valence-electron chi connectivity index (χ4n) is 1.85. The zero-order valence-corrected chi connectivity index (χ0v) is 12.8. The van der Waals surface area contributed by atoms with Crippen molar-refractivity contribution in [3.8, 4) is 0 Å². The lowest BCUT2D eigenvalue weighted by molar-refractivity contribution is 0.569. The molecule has 0 aliphatic carbocycles. The number of nitrogens with one attached hydrogen (secondary N) is 1. The van der Waals surface area contributed by atoms with Gasteiger partial charge in [0.15, 0.2) is 0 Å². The molecule has 0 fully saturated rings. The molecule has 1 N–H and O–H groups in total. The van der Waals surface area contributed by atoms with E-state index >= 15 is 0 Å². The molecule has 1 atom stereocenters. The second kappa shape index (κ2) is 6.51. The van der Waals surface area contributed by atoms with Gasteiger partial charge in [-0.25, -0.2) is 4.39 Å². The average Bonchev–Trinajstić information content (AvgIpc) is 2.36. The predicted octanol–water partition coefficient (Wildman–Crippen LogP) is 5.09. The van der Waals surface area contributed by atoms with Crippen molar-refractivity contribution in [2.75, 3.05) is 0 Å². The van der Waals surface area contributed by atoms with Crippen molar-refractivity contribution in [3.05, 3.63) is 68.9 Å². The fraction of sp³-hybridized carbons (Fsp3) is 0.200. The van der Waals surface area contributed by atoms with Gasteiger partial charge in [-0.15, -0.1) is 0 Å². The molecule has 19 heavy (non-hydrogen) atoms. The molecule has 0 spiro atoms. The van der Waals surface area contributed by atoms with E-state index in [1.54, 1.807) is 0 Å². The second-order valence-electron chi connectivity index (χ2n) is 4.43. The minimum atomic E-state index is -0.231. The molecule has 0 aliphatic heterocycles. The van der Waals surface area contributed by atoms with Gasteiger partial charge in [0.1, 0.15) is 5.82 Å². The second-order valence-corrected chi connectivity index (χ2v) is 5.78. The van der Waals surface area contributed by atoms with E-state index in [2.05, 4.69) is 28.2 Å². The third-order valence-corrected chi connectivity index (χ3v) is 3.61. The van der Waals surface area contributed by atoms with Crippen LogP contribution in [0, 0.1) is 5.82 Å². The zero-order valence-electron chi connectivity index (χ0n) is 10.5. The van der Waals surface area contributed by atoms with Crippen LogP contribution >= 0.6 is 27.5 Å². The molecule has 100 valence electrons. The summed E-state index contributed by atoms with van der Waals surface area (Å²) in [7, 11) is 0. The lowest BCUT2D eigenvalue weighted by atomic mass is 10.1. The molecule has 2 aromatic carbocycles. The van der Waals surface area contributed by atoms with Gasteiger partial charge in [0.05, 0.1) is 0 Å². The zero-order chi connectivity index (χ0) is 13.8. The summed E-state index contributed by atoms with van der Waals surface area (Å²) in [6.07, 6.45) is 0. The number of hydrogen-bond acceptors (Lipinski definition) is 1. The maximum Gasteiger partial charge on any atom is 0.124 e. The molecule has 1 unspecified atom stereocenters. The van der Waals surface area contributed by atoms with Gasteiger partial charge in [0.2, 0.25) is 0 Å². The van der Waals surface area contributed by atoms with Gasteiger partial charge >= 0.3 is 0 Å². The average molecular weight is 343 g/mol. The Morgan fingerprint density at radius 3 is 2.53 bits per heavy atom. The van der Waals surface area contributed by atoms with Crippen LogP contribution in [0.1, 0.15) is 24.1 Å². The lowest BCUT2D eigenvalue weighted by Gasteiger charge is -2.14. The summed E-state index contributed by atoms with van der Waals surface area (Å²) in [5.74, 6) is -0.231. The minimum Gasteiger partial charge on any atom is -0.306 e. The first kappa shape index (κ1) is 14.5. The molecule has 0 amide bonds. The van der Waals surface area contributed by atoms with Gasteiger partial charge < -0.3 is 5.32 Å². The highest BCUT2D eigenvalue weighted by Crippen LogP contribution is 2.18. The SMILES string of the molecule is CC(NCc1cc(F)cc(Br)c1)c1ccc(Cl)cc1. The number of benzene rings is 2. The quantitative estimate of drug-likeness (QED) is 0.816. The Kier molecular flexibility index (Phi) is 4.97. The van der Waals surface area contributed by atoms with Gasteiger partial charge in [0, 0.05) is 22.1 Å². The monoisotopic (exact) mass is 341 g/mol. The van der Waals surface area contributed by atoms with Crippen LogP contribution in [0.4, 0.5) is 4.39 Å². The van der Waals surface area contributed by atoms with Crippen molar-refractivity contribution >= 4 is 27.5 Å². The molecule has 2 aromatic rings. The van der Waals surface area contributed by atoms with Crippen molar-refractivity contribution < 1.29 is 4.39 Å². The van der Waals surface area contributed by atoms with Crippen LogP contribution in [0.5, 0.6) is 0 Å². The van der Waals surface area contributed by atoms with Gasteiger partial charge in [0.25, 0.3) is 0 Å². The standard InChI is InChI=1S/C15H14BrClFN/c1-10(12-2-4-14(17)5-3-12)19-9-11-6-13(16)8-15(18)7-11/h2-8,10,19H,9H2,1H3. The fourth-order valence-corrected chi connectivity index (χ4v) is 2.49. The molecular weight excluding hydrogens is 329 g/mol. The highest BCUT2D eigenvalue weighted by atomic mass is 79.9. The molecule has 4 heteroatoms. The molecule has 1 nitrogen and oxygen atoms in total. The first-order valence-corrected chi connectivity index (χ1v) is 7.15. The lowest BCUT2D eigenvalue weighted by Crippen LogP contribution is -2.18. The third kappa shape index (κ3) is 4.30. The van der Waals surface area contributed by atoms with E-state index < -0.39 is 0 Å². The predicted molar refractivity (Wildman–Crippen MR) is 80.8 cm³/mol. The summed E-state index contributed by atoms with van der Waals surface area (Å²) in [5, 5.41) is 4.09. The molecule has 0 saturated carbocycles. The van der Waals surface area contributed by atoms with E-state index in [9.17, 15) is 4.39 Å². The van der Waals surface area contributed by atoms with Crippen LogP contribution in [0.15, 0.2) is 46.9 Å². The van der Waals surface area contributed by atoms with Crippen molar-refractivity contribution in [1.29, 1.82) is 0 Å². The largest absolute Gasteiger partial charge is 0.306 e. The molecular formula is C15H14BrClFN. The Morgan fingerprint density at radius 1 is 1.21 bits per heavy atom. The smallest absolute Gasteiger partial charge is 0.124 e. The van der Waals surface area contributed by atoms with Crippen molar-refractivity contribution in [3.63, 3.8) is 0 Å². The van der Waals surface area contributed by atoms with Crippen LogP contribution < -0.4 is 5.32 Å². The minimum absolute atomic E-state index is 0.180. The van der Waals surface area contributed by atoms with Gasteiger partial charge in [-0.05, 0) is 48.4 Å². The Hall–Kier alpha value is -0.900. The van der Waals surface area contributed by atoms with E-state index in [4.69, 9.17) is 11.6 Å². The maximum atomic E-state index is 13.2. The van der Waals surface area contributed by atoms with Crippen molar-refractivity contribution in [2.45, 2.75) is 19.5 Å². The summed E-state index contributed by atoms with van der Waals surface area (Å²) in [4.78, 5) is 0. The molecule has 0 bridgehead atoms. The van der Waals surface area contributed by atoms with Crippen molar-refractivity contribution in [1.82, 2.24) is 5.32 Å². The van der Waals surface area contributed by atoms with Gasteiger partial charge in [-0.3, -0.25) is 0 Å². The van der Waals surface area contributed by atoms with Crippen molar-refractivity contribution in [2.24, 2.45) is 0 Å². The summed E-state index contributed by atoms with van der Waals surface area (Å²) >= 11 is 9.15. The summed E-state index contributed by atoms with van der Waals surface area (Å²) < 4.78 is 14.0. The van der Waals surface area contributed by atoms with E-state index in [0.717, 1.165) is 20.6 Å². The summed E-state index contributed by atoms with van der Waals surface area (Å²) in [6, 6.07) is 12.8. The van der Waals surface area contributed by atoms with E-state index in [1.165, 1.54) is 12.1 Å². The van der Waals surface area contributed by atoms with Crippen LogP contribution in [0.3, 0.4) is 0 Å². The van der Waals surface area contributed by atoms with E-state index in [0.29, 0.717) is 6.54 Å². The molecule has 0 aromatic heterocycles.